The molecule has 3 aromatic carbocycles. The summed E-state index contributed by atoms with van der Waals surface area (Å²) in [6.45, 7) is 16.5. The number of hydrogen-bond donors (Lipinski definition) is 0. The number of Topliss-reactive ketones (excluding diaryl/α,β-unsaturated/α-hetero) is 1. The van der Waals surface area contributed by atoms with Gasteiger partial charge in [0.1, 0.15) is 0 Å². The number of likely N-dealkylation sites (tertiary alicyclic amines) is 1. The highest BCUT2D eigenvalue weighted by Gasteiger charge is 2.20. The van der Waals surface area contributed by atoms with Gasteiger partial charge in [0.2, 0.25) is 0 Å². The van der Waals surface area contributed by atoms with Gasteiger partial charge in [-0.1, -0.05) is 126 Å². The Balaban J connectivity index is 0.00000420. The van der Waals surface area contributed by atoms with Crippen molar-refractivity contribution in [2.45, 2.75) is 78.1 Å². The van der Waals surface area contributed by atoms with Crippen molar-refractivity contribution in [1.82, 2.24) is 4.90 Å². The summed E-state index contributed by atoms with van der Waals surface area (Å²) >= 11 is 0. The molecule has 1 heterocycles. The van der Waals surface area contributed by atoms with E-state index in [2.05, 4.69) is 113 Å². The minimum Gasteiger partial charge on any atom is -0.303 e. The van der Waals surface area contributed by atoms with Gasteiger partial charge in [0.15, 0.2) is 5.78 Å². The van der Waals surface area contributed by atoms with Gasteiger partial charge in [-0.05, 0) is 64.5 Å². The number of piperidine rings is 1. The van der Waals surface area contributed by atoms with E-state index in [4.69, 9.17) is 0 Å². The van der Waals surface area contributed by atoms with Crippen LogP contribution in [0.1, 0.15) is 99.8 Å². The van der Waals surface area contributed by atoms with E-state index in [1.165, 1.54) is 27.8 Å². The SMILES string of the molecule is CC(C)(C)c1ccc(C(=O)CCCN2CCC(=C(c3ccccc3)c3ccc(C(C)(C)C)cc3)CC2)cc1.Cl. The highest BCUT2D eigenvalue weighted by atomic mass is 35.5. The van der Waals surface area contributed by atoms with Crippen molar-refractivity contribution in [2.75, 3.05) is 19.6 Å². The van der Waals surface area contributed by atoms with Gasteiger partial charge in [-0.25, -0.2) is 0 Å². The topological polar surface area (TPSA) is 20.3 Å². The molecule has 0 unspecified atom stereocenters. The second kappa shape index (κ2) is 13.1. The van der Waals surface area contributed by atoms with E-state index in [9.17, 15) is 4.79 Å². The van der Waals surface area contributed by atoms with E-state index in [1.807, 2.05) is 12.1 Å². The van der Waals surface area contributed by atoms with E-state index >= 15 is 0 Å². The lowest BCUT2D eigenvalue weighted by molar-refractivity contribution is 0.0974. The largest absolute Gasteiger partial charge is 0.303 e. The summed E-state index contributed by atoms with van der Waals surface area (Å²) in [5.74, 6) is 0.258. The van der Waals surface area contributed by atoms with Crippen LogP contribution in [0, 0.1) is 0 Å². The first-order valence-electron chi connectivity index (χ1n) is 14.3. The monoisotopic (exact) mass is 543 g/mol. The Morgan fingerprint density at radius 3 is 1.62 bits per heavy atom. The number of carbonyl (C=O) groups excluding carboxylic acids is 1. The van der Waals surface area contributed by atoms with Crippen molar-refractivity contribution in [1.29, 1.82) is 0 Å². The van der Waals surface area contributed by atoms with Crippen LogP contribution in [0.2, 0.25) is 0 Å². The number of hydrogen-bond acceptors (Lipinski definition) is 2. The Morgan fingerprint density at radius 2 is 1.13 bits per heavy atom. The van der Waals surface area contributed by atoms with Crippen molar-refractivity contribution in [3.8, 4) is 0 Å². The molecule has 208 valence electrons. The van der Waals surface area contributed by atoms with E-state index in [-0.39, 0.29) is 29.0 Å². The molecule has 0 N–H and O–H groups in total. The molecule has 0 saturated carbocycles. The molecule has 1 saturated heterocycles. The number of ketones is 1. The molecule has 39 heavy (non-hydrogen) atoms. The fourth-order valence-electron chi connectivity index (χ4n) is 5.38. The van der Waals surface area contributed by atoms with Gasteiger partial charge < -0.3 is 4.90 Å². The summed E-state index contributed by atoms with van der Waals surface area (Å²) in [5, 5.41) is 0. The predicted molar refractivity (Wildman–Crippen MR) is 169 cm³/mol. The zero-order valence-electron chi connectivity index (χ0n) is 24.7. The smallest absolute Gasteiger partial charge is 0.162 e. The molecule has 0 spiro atoms. The Morgan fingerprint density at radius 1 is 0.667 bits per heavy atom. The average Bonchev–Trinajstić information content (AvgIpc) is 2.90. The fourth-order valence-corrected chi connectivity index (χ4v) is 5.38. The molecule has 0 aliphatic carbocycles. The normalized spacial score (nSPS) is 14.6. The van der Waals surface area contributed by atoms with Gasteiger partial charge >= 0.3 is 0 Å². The molecule has 4 rings (SSSR count). The molecule has 0 amide bonds. The number of benzene rings is 3. The van der Waals surface area contributed by atoms with Gasteiger partial charge in [0.05, 0.1) is 0 Å². The van der Waals surface area contributed by atoms with Crippen molar-refractivity contribution < 1.29 is 4.79 Å². The molecule has 0 radical (unpaired) electrons. The van der Waals surface area contributed by atoms with E-state index in [0.717, 1.165) is 44.5 Å². The van der Waals surface area contributed by atoms with Gasteiger partial charge in [-0.2, -0.15) is 0 Å². The number of rotatable bonds is 7. The van der Waals surface area contributed by atoms with Gasteiger partial charge in [-0.15, -0.1) is 12.4 Å². The Kier molecular flexibility index (Phi) is 10.4. The Labute approximate surface area is 242 Å². The lowest BCUT2D eigenvalue weighted by Crippen LogP contribution is -2.32. The van der Waals surface area contributed by atoms with Crippen molar-refractivity contribution in [3.05, 3.63) is 112 Å². The molecule has 1 fully saturated rings. The van der Waals surface area contributed by atoms with Crippen LogP contribution in [0.3, 0.4) is 0 Å². The molecule has 1 aliphatic heterocycles. The first kappa shape index (κ1) is 30.9. The zero-order chi connectivity index (χ0) is 27.3. The van der Waals surface area contributed by atoms with Crippen LogP contribution in [0.15, 0.2) is 84.4 Å². The van der Waals surface area contributed by atoms with Crippen LogP contribution >= 0.6 is 12.4 Å². The molecule has 0 aromatic heterocycles. The maximum Gasteiger partial charge on any atom is 0.162 e. The molecule has 3 heteroatoms. The van der Waals surface area contributed by atoms with Crippen LogP contribution in [0.5, 0.6) is 0 Å². The third-order valence-corrected chi connectivity index (χ3v) is 7.87. The highest BCUT2D eigenvalue weighted by Crippen LogP contribution is 2.34. The summed E-state index contributed by atoms with van der Waals surface area (Å²) in [7, 11) is 0. The Bertz CT molecular complexity index is 1230. The molecular weight excluding hydrogens is 498 g/mol. The van der Waals surface area contributed by atoms with E-state index in [0.29, 0.717) is 6.42 Å². The lowest BCUT2D eigenvalue weighted by Gasteiger charge is -2.30. The standard InChI is InChI=1S/C36H45NO.ClH/c1-35(2,3)31-18-14-27(15-19-31)33(38)13-10-24-37-25-22-30(23-26-37)34(28-11-8-7-9-12-28)29-16-20-32(21-17-29)36(4,5)6;/h7-9,11-12,14-21H,10,13,22-26H2,1-6H3;1H. The average molecular weight is 544 g/mol. The van der Waals surface area contributed by atoms with Crippen LogP contribution in [-0.2, 0) is 10.8 Å². The summed E-state index contributed by atoms with van der Waals surface area (Å²) in [5.41, 5.74) is 9.32. The third kappa shape index (κ3) is 8.16. The van der Waals surface area contributed by atoms with Crippen LogP contribution in [-0.4, -0.2) is 30.3 Å². The van der Waals surface area contributed by atoms with E-state index < -0.39 is 0 Å². The number of carbonyl (C=O) groups is 1. The van der Waals surface area contributed by atoms with Crippen LogP contribution in [0.25, 0.3) is 5.57 Å². The van der Waals surface area contributed by atoms with Crippen LogP contribution in [0.4, 0.5) is 0 Å². The van der Waals surface area contributed by atoms with Gasteiger partial charge in [0.25, 0.3) is 0 Å². The first-order valence-corrected chi connectivity index (χ1v) is 14.3. The summed E-state index contributed by atoms with van der Waals surface area (Å²) in [4.78, 5) is 15.3. The number of nitrogens with zero attached hydrogens (tertiary/aromatic N) is 1. The second-order valence-corrected chi connectivity index (χ2v) is 12.9. The number of halogens is 1. The van der Waals surface area contributed by atoms with Crippen LogP contribution < -0.4 is 0 Å². The quantitative estimate of drug-likeness (QED) is 0.277. The molecule has 3 aromatic rings. The summed E-state index contributed by atoms with van der Waals surface area (Å²) in [6, 6.07) is 28.3. The van der Waals surface area contributed by atoms with Crippen molar-refractivity contribution >= 4 is 23.8 Å². The molecule has 1 aliphatic rings. The van der Waals surface area contributed by atoms with Gasteiger partial charge in [-0.3, -0.25) is 4.79 Å². The molecular formula is C36H46ClNO. The molecule has 0 atom stereocenters. The minimum absolute atomic E-state index is 0. The lowest BCUT2D eigenvalue weighted by atomic mass is 9.84. The minimum atomic E-state index is 0. The first-order chi connectivity index (χ1) is 18.0. The van der Waals surface area contributed by atoms with Crippen molar-refractivity contribution in [2.24, 2.45) is 0 Å². The van der Waals surface area contributed by atoms with E-state index in [1.54, 1.807) is 5.57 Å². The molecule has 0 bridgehead atoms. The fraction of sp³-hybridized carbons (Fsp3) is 0.417. The third-order valence-electron chi connectivity index (χ3n) is 7.87. The maximum atomic E-state index is 12.8. The zero-order valence-corrected chi connectivity index (χ0v) is 25.5. The Hall–Kier alpha value is -2.68. The molecule has 2 nitrogen and oxygen atoms in total. The predicted octanol–water partition coefficient (Wildman–Crippen LogP) is 9.26. The summed E-state index contributed by atoms with van der Waals surface area (Å²) in [6.07, 6.45) is 3.68. The second-order valence-electron chi connectivity index (χ2n) is 12.9. The summed E-state index contributed by atoms with van der Waals surface area (Å²) < 4.78 is 0. The maximum absolute atomic E-state index is 12.8. The highest BCUT2D eigenvalue weighted by molar-refractivity contribution is 5.96. The van der Waals surface area contributed by atoms with Crippen molar-refractivity contribution in [3.63, 3.8) is 0 Å². The van der Waals surface area contributed by atoms with Gasteiger partial charge in [0, 0.05) is 25.1 Å².